The Morgan fingerprint density at radius 2 is 1.79 bits per heavy atom. The Bertz CT molecular complexity index is 177. The number of rotatable bonds is 6. The van der Waals surface area contributed by atoms with E-state index in [1.54, 1.807) is 13.8 Å². The van der Waals surface area contributed by atoms with Crippen LogP contribution in [-0.4, -0.2) is 22.3 Å². The van der Waals surface area contributed by atoms with Gasteiger partial charge in [-0.3, -0.25) is 4.79 Å². The first kappa shape index (κ1) is 13.4. The molecule has 0 aliphatic heterocycles. The molecule has 0 fully saturated rings. The highest BCUT2D eigenvalue weighted by atomic mass is 16.4. The summed E-state index contributed by atoms with van der Waals surface area (Å²) in [6, 6.07) is 0. The molecule has 0 saturated heterocycles. The standard InChI is InChI=1S/C11H22O3/c1-5-6-7(2)10(9(4)12)8(3)11(13)14/h7-10,12H,5-6H2,1-4H3,(H,13,14)/t7-,8-,9?,10?/m1/s1. The predicted octanol–water partition coefficient (Wildman–Crippen LogP) is 2.14. The van der Waals surface area contributed by atoms with Crippen molar-refractivity contribution in [3.05, 3.63) is 0 Å². The molecule has 0 bridgehead atoms. The highest BCUT2D eigenvalue weighted by molar-refractivity contribution is 5.70. The zero-order chi connectivity index (χ0) is 11.3. The predicted molar refractivity (Wildman–Crippen MR) is 56.0 cm³/mol. The molecule has 0 aromatic heterocycles. The highest BCUT2D eigenvalue weighted by Crippen LogP contribution is 2.28. The summed E-state index contributed by atoms with van der Waals surface area (Å²) in [6.07, 6.45) is 1.44. The second-order valence-corrected chi connectivity index (χ2v) is 4.21. The Kier molecular flexibility index (Phi) is 5.77. The van der Waals surface area contributed by atoms with Gasteiger partial charge in [0.15, 0.2) is 0 Å². The summed E-state index contributed by atoms with van der Waals surface area (Å²) in [5, 5.41) is 18.5. The molecule has 84 valence electrons. The summed E-state index contributed by atoms with van der Waals surface area (Å²) in [6.45, 7) is 7.43. The third kappa shape index (κ3) is 3.66. The van der Waals surface area contributed by atoms with Gasteiger partial charge < -0.3 is 10.2 Å². The van der Waals surface area contributed by atoms with E-state index in [0.29, 0.717) is 0 Å². The fourth-order valence-corrected chi connectivity index (χ4v) is 2.20. The summed E-state index contributed by atoms with van der Waals surface area (Å²) in [7, 11) is 0. The summed E-state index contributed by atoms with van der Waals surface area (Å²) < 4.78 is 0. The van der Waals surface area contributed by atoms with Crippen LogP contribution < -0.4 is 0 Å². The van der Waals surface area contributed by atoms with Crippen LogP contribution in [0.2, 0.25) is 0 Å². The first-order chi connectivity index (χ1) is 6.41. The Morgan fingerprint density at radius 1 is 1.29 bits per heavy atom. The van der Waals surface area contributed by atoms with Crippen molar-refractivity contribution < 1.29 is 15.0 Å². The third-order valence-electron chi connectivity index (χ3n) is 2.92. The monoisotopic (exact) mass is 202 g/mol. The zero-order valence-corrected chi connectivity index (χ0v) is 9.53. The molecular formula is C11H22O3. The fourth-order valence-electron chi connectivity index (χ4n) is 2.20. The molecule has 2 unspecified atom stereocenters. The Morgan fingerprint density at radius 3 is 2.07 bits per heavy atom. The molecule has 3 heteroatoms. The molecule has 0 saturated carbocycles. The van der Waals surface area contributed by atoms with Crippen molar-refractivity contribution in [2.24, 2.45) is 17.8 Å². The minimum Gasteiger partial charge on any atom is -0.481 e. The van der Waals surface area contributed by atoms with Crippen molar-refractivity contribution in [2.45, 2.75) is 46.6 Å². The molecule has 2 N–H and O–H groups in total. The smallest absolute Gasteiger partial charge is 0.306 e. The van der Waals surface area contributed by atoms with E-state index in [0.717, 1.165) is 12.8 Å². The van der Waals surface area contributed by atoms with E-state index in [1.165, 1.54) is 0 Å². The Balaban J connectivity index is 4.50. The maximum Gasteiger partial charge on any atom is 0.306 e. The van der Waals surface area contributed by atoms with Gasteiger partial charge in [0.05, 0.1) is 12.0 Å². The topological polar surface area (TPSA) is 57.5 Å². The lowest BCUT2D eigenvalue weighted by Gasteiger charge is -2.29. The highest BCUT2D eigenvalue weighted by Gasteiger charge is 2.31. The van der Waals surface area contributed by atoms with Gasteiger partial charge >= 0.3 is 5.97 Å². The lowest BCUT2D eigenvalue weighted by atomic mass is 9.78. The van der Waals surface area contributed by atoms with Gasteiger partial charge in [-0.2, -0.15) is 0 Å². The average Bonchev–Trinajstić information content (AvgIpc) is 2.03. The van der Waals surface area contributed by atoms with Crippen LogP contribution in [0.5, 0.6) is 0 Å². The quantitative estimate of drug-likeness (QED) is 0.693. The first-order valence-electron chi connectivity index (χ1n) is 5.32. The zero-order valence-electron chi connectivity index (χ0n) is 9.53. The van der Waals surface area contributed by atoms with E-state index in [1.807, 2.05) is 6.92 Å². The Labute approximate surface area is 86.1 Å². The molecule has 0 radical (unpaired) electrons. The van der Waals surface area contributed by atoms with Crippen molar-refractivity contribution in [1.29, 1.82) is 0 Å². The fraction of sp³-hybridized carbons (Fsp3) is 0.909. The number of hydrogen-bond donors (Lipinski definition) is 2. The van der Waals surface area contributed by atoms with Crippen molar-refractivity contribution in [1.82, 2.24) is 0 Å². The molecule has 3 nitrogen and oxygen atoms in total. The maximum absolute atomic E-state index is 10.8. The van der Waals surface area contributed by atoms with Crippen LogP contribution in [0.4, 0.5) is 0 Å². The van der Waals surface area contributed by atoms with E-state index in [9.17, 15) is 9.90 Å². The van der Waals surface area contributed by atoms with Crippen molar-refractivity contribution >= 4 is 5.97 Å². The van der Waals surface area contributed by atoms with Crippen LogP contribution in [0.25, 0.3) is 0 Å². The van der Waals surface area contributed by atoms with Gasteiger partial charge in [-0.25, -0.2) is 0 Å². The number of hydrogen-bond acceptors (Lipinski definition) is 2. The normalized spacial score (nSPS) is 19.8. The van der Waals surface area contributed by atoms with Crippen LogP contribution in [0, 0.1) is 17.8 Å². The number of aliphatic carboxylic acids is 1. The van der Waals surface area contributed by atoms with Gasteiger partial charge in [0.25, 0.3) is 0 Å². The van der Waals surface area contributed by atoms with Crippen molar-refractivity contribution in [2.75, 3.05) is 0 Å². The van der Waals surface area contributed by atoms with Gasteiger partial charge in [-0.05, 0) is 12.8 Å². The van der Waals surface area contributed by atoms with Crippen molar-refractivity contribution in [3.8, 4) is 0 Å². The lowest BCUT2D eigenvalue weighted by Crippen LogP contribution is -2.34. The molecule has 4 atom stereocenters. The van der Waals surface area contributed by atoms with Gasteiger partial charge in [0.1, 0.15) is 0 Å². The van der Waals surface area contributed by atoms with Gasteiger partial charge in [-0.1, -0.05) is 33.6 Å². The summed E-state index contributed by atoms with van der Waals surface area (Å²) in [4.78, 5) is 10.8. The van der Waals surface area contributed by atoms with E-state index in [4.69, 9.17) is 5.11 Å². The number of carboxylic acids is 1. The molecule has 0 spiro atoms. The van der Waals surface area contributed by atoms with E-state index in [-0.39, 0.29) is 11.8 Å². The van der Waals surface area contributed by atoms with Crippen molar-refractivity contribution in [3.63, 3.8) is 0 Å². The minimum absolute atomic E-state index is 0.146. The largest absolute Gasteiger partial charge is 0.481 e. The van der Waals surface area contributed by atoms with Gasteiger partial charge in [0.2, 0.25) is 0 Å². The number of carbonyl (C=O) groups is 1. The van der Waals surface area contributed by atoms with Gasteiger partial charge in [0, 0.05) is 5.92 Å². The minimum atomic E-state index is -0.821. The molecule has 14 heavy (non-hydrogen) atoms. The van der Waals surface area contributed by atoms with E-state index in [2.05, 4.69) is 6.92 Å². The molecular weight excluding hydrogens is 180 g/mol. The first-order valence-corrected chi connectivity index (χ1v) is 5.32. The molecule has 0 amide bonds. The molecule has 0 aliphatic carbocycles. The summed E-state index contributed by atoms with van der Waals surface area (Å²) in [5.41, 5.74) is 0. The molecule has 0 heterocycles. The maximum atomic E-state index is 10.8. The Hall–Kier alpha value is -0.570. The summed E-state index contributed by atoms with van der Waals surface area (Å²) in [5.74, 6) is -1.19. The van der Waals surface area contributed by atoms with Crippen LogP contribution in [0.1, 0.15) is 40.5 Å². The summed E-state index contributed by atoms with van der Waals surface area (Å²) >= 11 is 0. The molecule has 0 aromatic carbocycles. The average molecular weight is 202 g/mol. The number of aliphatic hydroxyl groups excluding tert-OH is 1. The SMILES string of the molecule is CCC[C@@H](C)C(C(C)O)[C@@H](C)C(=O)O. The van der Waals surface area contributed by atoms with Crippen LogP contribution in [0.15, 0.2) is 0 Å². The van der Waals surface area contributed by atoms with Gasteiger partial charge in [-0.15, -0.1) is 0 Å². The lowest BCUT2D eigenvalue weighted by molar-refractivity contribution is -0.145. The van der Waals surface area contributed by atoms with Crippen LogP contribution in [0.3, 0.4) is 0 Å². The van der Waals surface area contributed by atoms with E-state index >= 15 is 0 Å². The van der Waals surface area contributed by atoms with Crippen LogP contribution in [-0.2, 0) is 4.79 Å². The second kappa shape index (κ2) is 6.02. The molecule has 0 aromatic rings. The van der Waals surface area contributed by atoms with Crippen LogP contribution >= 0.6 is 0 Å². The molecule has 0 rings (SSSR count). The number of aliphatic hydroxyl groups is 1. The van der Waals surface area contributed by atoms with E-state index < -0.39 is 18.0 Å². The third-order valence-corrected chi connectivity index (χ3v) is 2.92. The number of carboxylic acid groups (broad SMARTS) is 1. The molecule has 0 aliphatic rings. The second-order valence-electron chi connectivity index (χ2n) is 4.21.